The fourth-order valence-electron chi connectivity index (χ4n) is 4.46. The van der Waals surface area contributed by atoms with Crippen LogP contribution in [0.3, 0.4) is 0 Å². The number of thioether (sulfide) groups is 1. The van der Waals surface area contributed by atoms with E-state index < -0.39 is 0 Å². The Bertz CT molecular complexity index is 1660. The molecule has 0 bridgehead atoms. The summed E-state index contributed by atoms with van der Waals surface area (Å²) >= 11 is 0.883. The number of para-hydroxylation sites is 1. The van der Waals surface area contributed by atoms with Crippen LogP contribution in [-0.4, -0.2) is 48.3 Å². The molecule has 0 unspecified atom stereocenters. The highest BCUT2D eigenvalue weighted by molar-refractivity contribution is 8.18. The van der Waals surface area contributed by atoms with Gasteiger partial charge in [0.05, 0.1) is 18.1 Å². The predicted molar refractivity (Wildman–Crippen MR) is 165 cm³/mol. The minimum atomic E-state index is -0.377. The van der Waals surface area contributed by atoms with Crippen LogP contribution in [0.15, 0.2) is 89.8 Å². The van der Waals surface area contributed by atoms with Crippen LogP contribution in [0.2, 0.25) is 0 Å². The van der Waals surface area contributed by atoms with Gasteiger partial charge in [0.2, 0.25) is 0 Å². The quantitative estimate of drug-likeness (QED) is 0.197. The van der Waals surface area contributed by atoms with Crippen LogP contribution in [-0.2, 0) is 9.59 Å². The summed E-state index contributed by atoms with van der Waals surface area (Å²) in [5, 5.41) is 4.51. The second-order valence-corrected chi connectivity index (χ2v) is 10.4. The number of benzene rings is 4. The molecule has 0 saturated carbocycles. The van der Waals surface area contributed by atoms with Crippen LogP contribution in [0.5, 0.6) is 17.2 Å². The Morgan fingerprint density at radius 3 is 2.50 bits per heavy atom. The molecule has 1 aliphatic heterocycles. The number of anilines is 1. The number of hydrogen-bond donors (Lipinski definition) is 1. The lowest BCUT2D eigenvalue weighted by Crippen LogP contribution is -2.32. The molecule has 4 aromatic rings. The zero-order valence-corrected chi connectivity index (χ0v) is 24.1. The summed E-state index contributed by atoms with van der Waals surface area (Å²) in [6, 6.07) is 26.3. The lowest BCUT2D eigenvalue weighted by Gasteiger charge is -2.14. The van der Waals surface area contributed by atoms with E-state index in [1.165, 1.54) is 4.90 Å². The Morgan fingerprint density at radius 2 is 1.67 bits per heavy atom. The molecule has 1 fully saturated rings. The number of rotatable bonds is 11. The molecule has 9 heteroatoms. The van der Waals surface area contributed by atoms with Gasteiger partial charge < -0.3 is 19.5 Å². The Morgan fingerprint density at radius 1 is 0.881 bits per heavy atom. The van der Waals surface area contributed by atoms with Crippen LogP contribution in [0.25, 0.3) is 16.8 Å². The Kier molecular flexibility index (Phi) is 9.08. The lowest BCUT2D eigenvalue weighted by molar-refractivity contribution is -0.123. The normalized spacial score (nSPS) is 14.0. The topological polar surface area (TPSA) is 94.2 Å². The van der Waals surface area contributed by atoms with Crippen LogP contribution >= 0.6 is 11.8 Å². The molecule has 3 amide bonds. The van der Waals surface area contributed by atoms with E-state index >= 15 is 0 Å². The van der Waals surface area contributed by atoms with E-state index in [-0.39, 0.29) is 36.8 Å². The molecule has 4 aromatic carbocycles. The van der Waals surface area contributed by atoms with Gasteiger partial charge in [0, 0.05) is 11.1 Å². The van der Waals surface area contributed by atoms with Gasteiger partial charge in [-0.2, -0.15) is 0 Å². The summed E-state index contributed by atoms with van der Waals surface area (Å²) in [5.74, 6) is 0.853. The summed E-state index contributed by atoms with van der Waals surface area (Å²) in [5.41, 5.74) is 2.33. The summed E-state index contributed by atoms with van der Waals surface area (Å²) in [6.45, 7) is 4.24. The zero-order chi connectivity index (χ0) is 29.5. The third kappa shape index (κ3) is 6.75. The number of fused-ring (bicyclic) bond motifs is 1. The van der Waals surface area contributed by atoms with E-state index in [4.69, 9.17) is 14.2 Å². The number of carbonyl (C=O) groups excluding carboxylic acids is 3. The fraction of sp³-hybridized carbons (Fsp3) is 0.182. The molecule has 42 heavy (non-hydrogen) atoms. The molecule has 0 atom stereocenters. The third-order valence-corrected chi connectivity index (χ3v) is 7.45. The molecule has 1 heterocycles. The van der Waals surface area contributed by atoms with Crippen molar-refractivity contribution in [2.75, 3.05) is 31.7 Å². The highest BCUT2D eigenvalue weighted by atomic mass is 32.2. The van der Waals surface area contributed by atoms with Crippen molar-refractivity contribution < 1.29 is 28.6 Å². The predicted octanol–water partition coefficient (Wildman–Crippen LogP) is 6.68. The van der Waals surface area contributed by atoms with E-state index in [1.54, 1.807) is 24.3 Å². The van der Waals surface area contributed by atoms with E-state index in [1.807, 2.05) is 80.6 Å². The summed E-state index contributed by atoms with van der Waals surface area (Å²) in [7, 11) is 0. The van der Waals surface area contributed by atoms with E-state index in [0.717, 1.165) is 33.8 Å². The maximum atomic E-state index is 13.1. The van der Waals surface area contributed by atoms with Crippen molar-refractivity contribution in [3.05, 3.63) is 101 Å². The maximum Gasteiger partial charge on any atom is 0.293 e. The molecule has 1 N–H and O–H groups in total. The number of hydrogen-bond acceptors (Lipinski definition) is 7. The van der Waals surface area contributed by atoms with Gasteiger partial charge in [-0.3, -0.25) is 19.3 Å². The first kappa shape index (κ1) is 28.8. The van der Waals surface area contributed by atoms with Crippen molar-refractivity contribution in [3.63, 3.8) is 0 Å². The second-order valence-electron chi connectivity index (χ2n) is 9.45. The highest BCUT2D eigenvalue weighted by Crippen LogP contribution is 2.35. The largest absolute Gasteiger partial charge is 0.491 e. The monoisotopic (exact) mass is 582 g/mol. The second kappa shape index (κ2) is 13.3. The number of imide groups is 1. The van der Waals surface area contributed by atoms with Gasteiger partial charge in [0.1, 0.15) is 12.4 Å². The lowest BCUT2D eigenvalue weighted by atomic mass is 10.1. The number of nitrogens with zero attached hydrogens (tertiary/aromatic N) is 1. The van der Waals surface area contributed by atoms with Crippen molar-refractivity contribution in [3.8, 4) is 17.2 Å². The summed E-state index contributed by atoms with van der Waals surface area (Å²) in [6.07, 6.45) is 1.65. The Labute approximate surface area is 248 Å². The van der Waals surface area contributed by atoms with Crippen molar-refractivity contribution >= 4 is 51.4 Å². The molecule has 0 aromatic heterocycles. The van der Waals surface area contributed by atoms with E-state index in [2.05, 4.69) is 5.32 Å². The Hall–Kier alpha value is -4.76. The number of carbonyl (C=O) groups is 3. The van der Waals surface area contributed by atoms with Gasteiger partial charge in [-0.25, -0.2) is 0 Å². The van der Waals surface area contributed by atoms with Gasteiger partial charge in [-0.15, -0.1) is 0 Å². The molecule has 1 aliphatic rings. The first-order chi connectivity index (χ1) is 20.4. The van der Waals surface area contributed by atoms with Gasteiger partial charge in [0.15, 0.2) is 18.1 Å². The molecular formula is C33H30N2O6S. The standard InChI is InChI=1S/C33H30N2O6S/c1-3-39-29-19-23(15-16-28(29)41-21-31(36)34-26-13-7-4-9-22(26)2)20-30-32(37)35(33(38)42-30)17-18-40-27-14-8-11-24-10-5-6-12-25(24)27/h4-16,19-20H,3,17-18,21H2,1-2H3,(H,34,36)/b30-20-. The number of amides is 3. The maximum absolute atomic E-state index is 13.1. The average Bonchev–Trinajstić information content (AvgIpc) is 3.25. The minimum absolute atomic E-state index is 0.132. The average molecular weight is 583 g/mol. The van der Waals surface area contributed by atoms with Crippen LogP contribution in [0.1, 0.15) is 18.1 Å². The van der Waals surface area contributed by atoms with Gasteiger partial charge >= 0.3 is 0 Å². The highest BCUT2D eigenvalue weighted by Gasteiger charge is 2.34. The SMILES string of the molecule is CCOc1cc(/C=C2\SC(=O)N(CCOc3cccc4ccccc34)C2=O)ccc1OCC(=O)Nc1ccccc1C. The minimum Gasteiger partial charge on any atom is -0.491 e. The molecule has 8 nitrogen and oxygen atoms in total. The first-order valence-corrected chi connectivity index (χ1v) is 14.4. The zero-order valence-electron chi connectivity index (χ0n) is 23.3. The molecule has 0 radical (unpaired) electrons. The number of aryl methyl sites for hydroxylation is 1. The van der Waals surface area contributed by atoms with Gasteiger partial charge in [-0.1, -0.05) is 60.7 Å². The third-order valence-electron chi connectivity index (χ3n) is 6.54. The first-order valence-electron chi connectivity index (χ1n) is 13.5. The van der Waals surface area contributed by atoms with E-state index in [0.29, 0.717) is 34.3 Å². The van der Waals surface area contributed by atoms with Crippen LogP contribution < -0.4 is 19.5 Å². The van der Waals surface area contributed by atoms with Crippen molar-refractivity contribution in [2.45, 2.75) is 13.8 Å². The smallest absolute Gasteiger partial charge is 0.293 e. The van der Waals surface area contributed by atoms with Crippen molar-refractivity contribution in [1.29, 1.82) is 0 Å². The molecule has 5 rings (SSSR count). The summed E-state index contributed by atoms with van der Waals surface area (Å²) in [4.78, 5) is 39.7. The number of ether oxygens (including phenoxy) is 3. The van der Waals surface area contributed by atoms with Crippen molar-refractivity contribution in [1.82, 2.24) is 4.90 Å². The molecule has 214 valence electrons. The van der Waals surface area contributed by atoms with Crippen LogP contribution in [0, 0.1) is 6.92 Å². The molecule has 0 spiro atoms. The molecular weight excluding hydrogens is 552 g/mol. The van der Waals surface area contributed by atoms with Crippen molar-refractivity contribution in [2.24, 2.45) is 0 Å². The fourth-order valence-corrected chi connectivity index (χ4v) is 5.32. The van der Waals surface area contributed by atoms with Gasteiger partial charge in [-0.05, 0) is 72.5 Å². The van der Waals surface area contributed by atoms with Gasteiger partial charge in [0.25, 0.3) is 17.1 Å². The summed E-state index contributed by atoms with van der Waals surface area (Å²) < 4.78 is 17.4. The molecule has 0 aliphatic carbocycles. The number of nitrogens with one attached hydrogen (secondary N) is 1. The Balaban J connectivity index is 1.21. The van der Waals surface area contributed by atoms with E-state index in [9.17, 15) is 14.4 Å². The van der Waals surface area contributed by atoms with Crippen LogP contribution in [0.4, 0.5) is 10.5 Å². The molecule has 1 saturated heterocycles.